The standard InChI is InChI=1S/C26H28FN3O4S/c1-17-10-11-18(2)23(15-17)28-26(31)21-8-6-14-30(16-21)35(32,33)25-19(3)29-34-24(25)13-12-20-7-4-5-9-22(20)27/h4-5,7,9-13,15,21H,6,8,14,16H2,1-3H3,(H,28,31)/b13-12+/t21-/m0/s1. The van der Waals surface area contributed by atoms with E-state index in [0.29, 0.717) is 18.4 Å². The second-order valence-corrected chi connectivity index (χ2v) is 10.7. The van der Waals surface area contributed by atoms with Crippen LogP contribution < -0.4 is 5.32 Å². The van der Waals surface area contributed by atoms with E-state index >= 15 is 0 Å². The highest BCUT2D eigenvalue weighted by Crippen LogP contribution is 2.30. The van der Waals surface area contributed by atoms with Crippen molar-refractivity contribution in [2.24, 2.45) is 5.92 Å². The average Bonchev–Trinajstić information content (AvgIpc) is 3.22. The van der Waals surface area contributed by atoms with Crippen molar-refractivity contribution < 1.29 is 22.1 Å². The molecule has 35 heavy (non-hydrogen) atoms. The number of sulfonamides is 1. The molecule has 1 amide bonds. The summed E-state index contributed by atoms with van der Waals surface area (Å²) >= 11 is 0. The summed E-state index contributed by atoms with van der Waals surface area (Å²) in [7, 11) is -4.00. The molecule has 0 aliphatic carbocycles. The largest absolute Gasteiger partial charge is 0.355 e. The van der Waals surface area contributed by atoms with E-state index in [2.05, 4.69) is 10.5 Å². The molecule has 0 saturated carbocycles. The van der Waals surface area contributed by atoms with E-state index in [1.54, 1.807) is 25.1 Å². The summed E-state index contributed by atoms with van der Waals surface area (Å²) < 4.78 is 47.7. The number of nitrogens with one attached hydrogen (secondary N) is 1. The van der Waals surface area contributed by atoms with Gasteiger partial charge in [0.2, 0.25) is 15.9 Å². The number of halogens is 1. The molecule has 1 aliphatic rings. The van der Waals surface area contributed by atoms with Gasteiger partial charge in [0.1, 0.15) is 11.5 Å². The van der Waals surface area contributed by atoms with Crippen LogP contribution in [0, 0.1) is 32.5 Å². The molecule has 1 N–H and O–H groups in total. The number of carbonyl (C=O) groups excluding carboxylic acids is 1. The van der Waals surface area contributed by atoms with E-state index in [0.717, 1.165) is 16.8 Å². The molecule has 1 fully saturated rings. The van der Waals surface area contributed by atoms with Crippen molar-refractivity contribution in [2.75, 3.05) is 18.4 Å². The topological polar surface area (TPSA) is 92.5 Å². The van der Waals surface area contributed by atoms with Crippen molar-refractivity contribution in [3.05, 3.63) is 76.4 Å². The maximum absolute atomic E-state index is 14.0. The molecule has 184 valence electrons. The van der Waals surface area contributed by atoms with Crippen LogP contribution in [-0.2, 0) is 14.8 Å². The van der Waals surface area contributed by atoms with Crippen LogP contribution in [0.1, 0.15) is 41.0 Å². The van der Waals surface area contributed by atoms with Crippen LogP contribution in [0.5, 0.6) is 0 Å². The fraction of sp³-hybridized carbons (Fsp3) is 0.308. The highest BCUT2D eigenvalue weighted by Gasteiger charge is 2.37. The molecule has 1 aliphatic heterocycles. The molecule has 0 unspecified atom stereocenters. The van der Waals surface area contributed by atoms with Crippen LogP contribution in [0.15, 0.2) is 51.9 Å². The Morgan fingerprint density at radius 3 is 2.71 bits per heavy atom. The number of aryl methyl sites for hydroxylation is 3. The summed E-state index contributed by atoms with van der Waals surface area (Å²) in [5.74, 6) is -1.11. The Labute approximate surface area is 204 Å². The number of amides is 1. The number of nitrogens with zero attached hydrogens (tertiary/aromatic N) is 2. The Balaban J connectivity index is 1.55. The molecule has 1 aromatic heterocycles. The van der Waals surface area contributed by atoms with Gasteiger partial charge in [0.05, 0.1) is 5.92 Å². The average molecular weight is 498 g/mol. The lowest BCUT2D eigenvalue weighted by atomic mass is 9.98. The molecule has 7 nitrogen and oxygen atoms in total. The summed E-state index contributed by atoms with van der Waals surface area (Å²) in [4.78, 5) is 12.9. The molecule has 1 saturated heterocycles. The second kappa shape index (κ2) is 10.1. The lowest BCUT2D eigenvalue weighted by molar-refractivity contribution is -0.120. The quantitative estimate of drug-likeness (QED) is 0.520. The third-order valence-electron chi connectivity index (χ3n) is 6.16. The van der Waals surface area contributed by atoms with Crippen LogP contribution in [-0.4, -0.2) is 36.9 Å². The summed E-state index contributed by atoms with van der Waals surface area (Å²) in [6.07, 6.45) is 3.99. The van der Waals surface area contributed by atoms with Gasteiger partial charge in [-0.25, -0.2) is 12.8 Å². The van der Waals surface area contributed by atoms with Crippen molar-refractivity contribution in [3.8, 4) is 0 Å². The minimum absolute atomic E-state index is 0.0210. The number of benzene rings is 2. The van der Waals surface area contributed by atoms with Gasteiger partial charge in [0.25, 0.3) is 0 Å². The molecule has 1 atom stereocenters. The zero-order valence-corrected chi connectivity index (χ0v) is 20.7. The van der Waals surface area contributed by atoms with E-state index < -0.39 is 21.8 Å². The fourth-order valence-electron chi connectivity index (χ4n) is 4.18. The number of carbonyl (C=O) groups is 1. The molecular weight excluding hydrogens is 469 g/mol. The van der Waals surface area contributed by atoms with Gasteiger partial charge in [-0.1, -0.05) is 35.5 Å². The maximum Gasteiger partial charge on any atom is 0.248 e. The minimum atomic E-state index is -4.00. The first-order valence-electron chi connectivity index (χ1n) is 11.4. The van der Waals surface area contributed by atoms with Gasteiger partial charge in [-0.15, -0.1) is 0 Å². The summed E-state index contributed by atoms with van der Waals surface area (Å²) in [6.45, 7) is 5.75. The highest BCUT2D eigenvalue weighted by atomic mass is 32.2. The van der Waals surface area contributed by atoms with Crippen molar-refractivity contribution in [1.82, 2.24) is 9.46 Å². The van der Waals surface area contributed by atoms with E-state index in [9.17, 15) is 17.6 Å². The van der Waals surface area contributed by atoms with Crippen LogP contribution in [0.3, 0.4) is 0 Å². The lowest BCUT2D eigenvalue weighted by Crippen LogP contribution is -2.44. The first-order chi connectivity index (χ1) is 16.7. The third kappa shape index (κ3) is 5.36. The van der Waals surface area contributed by atoms with Gasteiger partial charge < -0.3 is 9.84 Å². The highest BCUT2D eigenvalue weighted by molar-refractivity contribution is 7.89. The van der Waals surface area contributed by atoms with E-state index in [4.69, 9.17) is 4.52 Å². The molecule has 0 spiro atoms. The van der Waals surface area contributed by atoms with Gasteiger partial charge in [0.15, 0.2) is 10.7 Å². The second-order valence-electron chi connectivity index (χ2n) is 8.83. The SMILES string of the molecule is Cc1ccc(C)c(NC(=O)[C@H]2CCCN(S(=O)(=O)c3c(C)noc3/C=C/c3ccccc3F)C2)c1. The van der Waals surface area contributed by atoms with Gasteiger partial charge in [-0.05, 0) is 69.0 Å². The zero-order valence-electron chi connectivity index (χ0n) is 19.9. The van der Waals surface area contributed by atoms with E-state index in [-0.39, 0.29) is 35.3 Å². The molecule has 3 aromatic rings. The van der Waals surface area contributed by atoms with Crippen LogP contribution in [0.25, 0.3) is 12.2 Å². The lowest BCUT2D eigenvalue weighted by Gasteiger charge is -2.31. The molecule has 2 aromatic carbocycles. The third-order valence-corrected chi connectivity index (χ3v) is 8.18. The number of aromatic nitrogens is 1. The number of anilines is 1. The number of hydrogen-bond acceptors (Lipinski definition) is 5. The number of rotatable bonds is 6. The van der Waals surface area contributed by atoms with Gasteiger partial charge in [-0.2, -0.15) is 4.31 Å². The van der Waals surface area contributed by atoms with Gasteiger partial charge in [0, 0.05) is 24.3 Å². The Hall–Kier alpha value is -3.30. The Kier molecular flexibility index (Phi) is 7.18. The predicted molar refractivity (Wildman–Crippen MR) is 133 cm³/mol. The zero-order chi connectivity index (χ0) is 25.2. The van der Waals surface area contributed by atoms with E-state index in [1.807, 2.05) is 32.0 Å². The summed E-state index contributed by atoms with van der Waals surface area (Å²) in [5.41, 5.74) is 3.20. The molecule has 0 bridgehead atoms. The van der Waals surface area contributed by atoms with Crippen LogP contribution >= 0.6 is 0 Å². The molecule has 4 rings (SSSR count). The Morgan fingerprint density at radius 1 is 1.17 bits per heavy atom. The molecular formula is C26H28FN3O4S. The van der Waals surface area contributed by atoms with Gasteiger partial charge in [-0.3, -0.25) is 4.79 Å². The maximum atomic E-state index is 14.0. The first-order valence-corrected chi connectivity index (χ1v) is 12.9. The van der Waals surface area contributed by atoms with Crippen molar-refractivity contribution in [3.63, 3.8) is 0 Å². The van der Waals surface area contributed by atoms with E-state index in [1.165, 1.54) is 22.5 Å². The van der Waals surface area contributed by atoms with Crippen LogP contribution in [0.4, 0.5) is 10.1 Å². The summed E-state index contributed by atoms with van der Waals surface area (Å²) in [6, 6.07) is 12.0. The van der Waals surface area contributed by atoms with Gasteiger partial charge >= 0.3 is 0 Å². The van der Waals surface area contributed by atoms with Crippen molar-refractivity contribution in [1.29, 1.82) is 0 Å². The minimum Gasteiger partial charge on any atom is -0.355 e. The number of piperidine rings is 1. The summed E-state index contributed by atoms with van der Waals surface area (Å²) in [5, 5.41) is 6.79. The fourth-order valence-corrected chi connectivity index (χ4v) is 5.96. The molecule has 9 heteroatoms. The normalized spacial score (nSPS) is 17.1. The Bertz CT molecular complexity index is 1380. The molecule has 0 radical (unpaired) electrons. The number of hydrogen-bond donors (Lipinski definition) is 1. The smallest absolute Gasteiger partial charge is 0.248 e. The Morgan fingerprint density at radius 2 is 1.94 bits per heavy atom. The van der Waals surface area contributed by atoms with Crippen LogP contribution in [0.2, 0.25) is 0 Å². The molecule has 2 heterocycles. The van der Waals surface area contributed by atoms with Crippen molar-refractivity contribution in [2.45, 2.75) is 38.5 Å². The van der Waals surface area contributed by atoms with Crippen molar-refractivity contribution >= 4 is 33.8 Å². The predicted octanol–water partition coefficient (Wildman–Crippen LogP) is 4.95. The monoisotopic (exact) mass is 497 g/mol. The first kappa shape index (κ1) is 24.8.